The summed E-state index contributed by atoms with van der Waals surface area (Å²) in [7, 11) is 0. The summed E-state index contributed by atoms with van der Waals surface area (Å²) in [5.41, 5.74) is 6.64. The number of hydrogen-bond acceptors (Lipinski definition) is 3. The highest BCUT2D eigenvalue weighted by molar-refractivity contribution is 9.11. The first-order chi connectivity index (χ1) is 8.56. The van der Waals surface area contributed by atoms with Crippen molar-refractivity contribution in [1.82, 2.24) is 0 Å². The molecule has 0 saturated carbocycles. The Bertz CT molecular complexity index is 542. The van der Waals surface area contributed by atoms with E-state index in [1.165, 1.54) is 12.1 Å². The van der Waals surface area contributed by atoms with Gasteiger partial charge >= 0.3 is 0 Å². The van der Waals surface area contributed by atoms with Crippen LogP contribution in [0.15, 0.2) is 34.1 Å². The normalized spacial score (nSPS) is 12.4. The quantitative estimate of drug-likeness (QED) is 0.910. The van der Waals surface area contributed by atoms with Gasteiger partial charge in [-0.15, -0.1) is 11.3 Å². The monoisotopic (exact) mass is 329 g/mol. The van der Waals surface area contributed by atoms with E-state index >= 15 is 0 Å². The topological polar surface area (TPSA) is 35.2 Å². The van der Waals surface area contributed by atoms with Crippen LogP contribution in [-0.4, -0.2) is 0 Å². The largest absolute Gasteiger partial charge is 0.488 e. The zero-order valence-corrected chi connectivity index (χ0v) is 12.2. The highest BCUT2D eigenvalue weighted by atomic mass is 79.9. The zero-order valence-electron chi connectivity index (χ0n) is 9.82. The second-order valence-electron chi connectivity index (χ2n) is 3.97. The summed E-state index contributed by atoms with van der Waals surface area (Å²) in [6.45, 7) is 2.27. The molecule has 0 fully saturated rings. The van der Waals surface area contributed by atoms with Crippen LogP contribution in [0.4, 0.5) is 4.39 Å². The number of ether oxygens (including phenoxy) is 1. The number of benzene rings is 1. The molecule has 0 aliphatic rings. The summed E-state index contributed by atoms with van der Waals surface area (Å²) in [5, 5.41) is 0. The van der Waals surface area contributed by atoms with Crippen LogP contribution >= 0.6 is 27.3 Å². The number of rotatable bonds is 4. The molecule has 0 spiro atoms. The lowest BCUT2D eigenvalue weighted by molar-refractivity contribution is 0.303. The van der Waals surface area contributed by atoms with Crippen LogP contribution in [0.2, 0.25) is 0 Å². The fourth-order valence-electron chi connectivity index (χ4n) is 1.59. The Kier molecular flexibility index (Phi) is 4.37. The lowest BCUT2D eigenvalue weighted by Gasteiger charge is -2.13. The first kappa shape index (κ1) is 13.5. The molecule has 96 valence electrons. The average molecular weight is 330 g/mol. The number of nitrogens with two attached hydrogens (primary N) is 1. The van der Waals surface area contributed by atoms with Crippen molar-refractivity contribution in [3.63, 3.8) is 0 Å². The minimum Gasteiger partial charge on any atom is -0.488 e. The fourth-order valence-corrected chi connectivity index (χ4v) is 2.98. The molecule has 2 N–H and O–H groups in total. The second-order valence-corrected chi connectivity index (χ2v) is 6.51. The number of thiophene rings is 1. The van der Waals surface area contributed by atoms with E-state index < -0.39 is 0 Å². The van der Waals surface area contributed by atoms with Gasteiger partial charge in [0.15, 0.2) is 0 Å². The molecular formula is C13H13BrFNOS. The maximum Gasteiger partial charge on any atom is 0.127 e. The van der Waals surface area contributed by atoms with Gasteiger partial charge in [-0.2, -0.15) is 0 Å². The summed E-state index contributed by atoms with van der Waals surface area (Å²) in [6, 6.07) is 8.19. The molecule has 0 amide bonds. The van der Waals surface area contributed by atoms with E-state index in [1.54, 1.807) is 17.4 Å². The molecule has 1 heterocycles. The molecule has 0 saturated heterocycles. The maximum absolute atomic E-state index is 13.2. The summed E-state index contributed by atoms with van der Waals surface area (Å²) in [5.74, 6) is 0.191. The minimum atomic E-state index is -0.318. The molecule has 0 bridgehead atoms. The Morgan fingerprint density at radius 2 is 2.17 bits per heavy atom. The van der Waals surface area contributed by atoms with Crippen molar-refractivity contribution in [3.8, 4) is 5.75 Å². The lowest BCUT2D eigenvalue weighted by Crippen LogP contribution is -2.08. The molecule has 1 aromatic heterocycles. The molecule has 1 atom stereocenters. The lowest BCUT2D eigenvalue weighted by atomic mass is 10.1. The molecule has 5 heteroatoms. The van der Waals surface area contributed by atoms with Gasteiger partial charge in [0.25, 0.3) is 0 Å². The molecule has 18 heavy (non-hydrogen) atoms. The van der Waals surface area contributed by atoms with Crippen LogP contribution in [0, 0.1) is 5.82 Å². The van der Waals surface area contributed by atoms with Crippen LogP contribution in [0.25, 0.3) is 0 Å². The van der Waals surface area contributed by atoms with E-state index in [0.29, 0.717) is 12.4 Å². The van der Waals surface area contributed by atoms with Gasteiger partial charge in [-0.25, -0.2) is 4.39 Å². The Hall–Kier alpha value is -0.910. The summed E-state index contributed by atoms with van der Waals surface area (Å²) >= 11 is 4.98. The van der Waals surface area contributed by atoms with Gasteiger partial charge < -0.3 is 10.5 Å². The van der Waals surface area contributed by atoms with Crippen LogP contribution in [-0.2, 0) is 6.61 Å². The van der Waals surface area contributed by atoms with Gasteiger partial charge in [0.05, 0.1) is 3.79 Å². The van der Waals surface area contributed by atoms with E-state index in [-0.39, 0.29) is 11.9 Å². The van der Waals surface area contributed by atoms with E-state index in [9.17, 15) is 4.39 Å². The van der Waals surface area contributed by atoms with E-state index in [0.717, 1.165) is 14.2 Å². The van der Waals surface area contributed by atoms with E-state index in [4.69, 9.17) is 10.5 Å². The van der Waals surface area contributed by atoms with Gasteiger partial charge in [-0.3, -0.25) is 0 Å². The third-order valence-electron chi connectivity index (χ3n) is 2.46. The number of hydrogen-bond donors (Lipinski definition) is 1. The highest BCUT2D eigenvalue weighted by Crippen LogP contribution is 2.27. The van der Waals surface area contributed by atoms with Crippen molar-refractivity contribution in [2.24, 2.45) is 5.73 Å². The zero-order chi connectivity index (χ0) is 13.1. The molecule has 2 rings (SSSR count). The smallest absolute Gasteiger partial charge is 0.127 e. The van der Waals surface area contributed by atoms with E-state index in [1.807, 2.05) is 19.1 Å². The first-order valence-corrected chi connectivity index (χ1v) is 7.09. The molecule has 0 aliphatic carbocycles. The van der Waals surface area contributed by atoms with Gasteiger partial charge in [-0.05, 0) is 41.1 Å². The van der Waals surface area contributed by atoms with Crippen LogP contribution in [0.3, 0.4) is 0 Å². The van der Waals surface area contributed by atoms with Crippen molar-refractivity contribution in [3.05, 3.63) is 50.4 Å². The van der Waals surface area contributed by atoms with Crippen molar-refractivity contribution >= 4 is 27.3 Å². The Morgan fingerprint density at radius 3 is 2.78 bits per heavy atom. The molecule has 0 unspecified atom stereocenters. The third kappa shape index (κ3) is 3.31. The Balaban J connectivity index is 2.15. The van der Waals surface area contributed by atoms with Gasteiger partial charge in [0.2, 0.25) is 0 Å². The third-order valence-corrected chi connectivity index (χ3v) is 4.06. The second kappa shape index (κ2) is 5.82. The van der Waals surface area contributed by atoms with Crippen LogP contribution < -0.4 is 10.5 Å². The molecule has 2 aromatic rings. The van der Waals surface area contributed by atoms with Crippen molar-refractivity contribution in [2.75, 3.05) is 0 Å². The highest BCUT2D eigenvalue weighted by Gasteiger charge is 2.10. The van der Waals surface area contributed by atoms with Gasteiger partial charge in [-0.1, -0.05) is 6.07 Å². The predicted octanol–water partition coefficient (Wildman–Crippen LogP) is 4.25. The van der Waals surface area contributed by atoms with Crippen molar-refractivity contribution < 1.29 is 9.13 Å². The minimum absolute atomic E-state index is 0.185. The maximum atomic E-state index is 13.2. The summed E-state index contributed by atoms with van der Waals surface area (Å²) < 4.78 is 19.9. The van der Waals surface area contributed by atoms with Gasteiger partial charge in [0, 0.05) is 22.5 Å². The van der Waals surface area contributed by atoms with Crippen LogP contribution in [0.5, 0.6) is 5.75 Å². The predicted molar refractivity (Wildman–Crippen MR) is 75.4 cm³/mol. The molecule has 2 nitrogen and oxygen atoms in total. The fraction of sp³-hybridized carbons (Fsp3) is 0.231. The molecule has 0 radical (unpaired) electrons. The Morgan fingerprint density at radius 1 is 1.39 bits per heavy atom. The molecule has 0 aliphatic heterocycles. The van der Waals surface area contributed by atoms with Crippen molar-refractivity contribution in [1.29, 1.82) is 0 Å². The van der Waals surface area contributed by atoms with Crippen LogP contribution in [0.1, 0.15) is 23.4 Å². The SMILES string of the molecule is C[C@@H](N)c1ccc(F)cc1OCc1ccc(Br)s1. The standard InChI is InChI=1S/C13H13BrFNOS/c1-8(16)11-4-2-9(15)6-12(11)17-7-10-3-5-13(14)18-10/h2-6,8H,7,16H2,1H3/t8-/m1/s1. The number of halogens is 2. The van der Waals surface area contributed by atoms with Gasteiger partial charge in [0.1, 0.15) is 18.2 Å². The molecule has 1 aromatic carbocycles. The van der Waals surface area contributed by atoms with E-state index in [2.05, 4.69) is 15.9 Å². The Labute approximate surface area is 118 Å². The molecular weight excluding hydrogens is 317 g/mol. The average Bonchev–Trinajstić information content (AvgIpc) is 2.72. The summed E-state index contributed by atoms with van der Waals surface area (Å²) in [4.78, 5) is 1.07. The van der Waals surface area contributed by atoms with Crippen molar-refractivity contribution in [2.45, 2.75) is 19.6 Å². The first-order valence-electron chi connectivity index (χ1n) is 5.48. The summed E-state index contributed by atoms with van der Waals surface area (Å²) in [6.07, 6.45) is 0.